The van der Waals surface area contributed by atoms with Gasteiger partial charge in [0.25, 0.3) is 0 Å². The molecule has 0 bridgehead atoms. The average molecular weight is 465 g/mol. The number of carboxylic acid groups (broad SMARTS) is 2. The maximum atomic E-state index is 10.7. The number of quaternary nitrogens is 2. The molecule has 2 unspecified atom stereocenters. The number of aromatic carboxylic acids is 2. The second-order valence-electron chi connectivity index (χ2n) is 11.1. The maximum Gasteiger partial charge on any atom is 0.159 e. The van der Waals surface area contributed by atoms with Gasteiger partial charge in [-0.1, -0.05) is 18.2 Å². The Hall–Kier alpha value is -2.38. The van der Waals surface area contributed by atoms with E-state index in [0.717, 1.165) is 12.1 Å². The number of fused-ring (bicyclic) bond motifs is 1. The van der Waals surface area contributed by atoms with E-state index in [1.54, 1.807) is 21.9 Å². The highest BCUT2D eigenvalue weighted by Crippen LogP contribution is 2.24. The van der Waals surface area contributed by atoms with Crippen LogP contribution in [0.5, 0.6) is 0 Å². The second kappa shape index (κ2) is 12.2. The molecule has 2 atom stereocenters. The molecular weight excluding hydrogens is 420 g/mol. The van der Waals surface area contributed by atoms with Gasteiger partial charge in [-0.15, -0.1) is 0 Å². The van der Waals surface area contributed by atoms with Gasteiger partial charge in [0, 0.05) is 5.39 Å². The Labute approximate surface area is 199 Å². The van der Waals surface area contributed by atoms with Crippen LogP contribution < -0.4 is 20.0 Å². The highest BCUT2D eigenvalue weighted by atomic mass is 16.4. The average Bonchev–Trinajstić information content (AvgIpc) is 3.06. The van der Waals surface area contributed by atoms with Crippen molar-refractivity contribution in [1.82, 2.24) is 0 Å². The minimum absolute atomic E-state index is 0.177. The number of carboxylic acids is 2. The van der Waals surface area contributed by atoms with Crippen LogP contribution in [-0.2, 0) is 0 Å². The third-order valence-corrected chi connectivity index (χ3v) is 6.08. The number of carbonyl (C=O) groups excluding carboxylic acids is 2. The minimum atomic E-state index is -1.68. The van der Waals surface area contributed by atoms with Crippen molar-refractivity contribution in [3.63, 3.8) is 0 Å². The fraction of sp³-hybridized carbons (Fsp3) is 0.615. The van der Waals surface area contributed by atoms with Gasteiger partial charge in [0.15, 0.2) is 5.76 Å². The first kappa shape index (κ1) is 30.6. The van der Waals surface area contributed by atoms with Crippen molar-refractivity contribution in [2.24, 2.45) is 0 Å². The molecule has 1 heterocycles. The lowest BCUT2D eigenvalue weighted by atomic mass is 10.1. The predicted octanol–water partition coefficient (Wildman–Crippen LogP) is 0.576. The quantitative estimate of drug-likeness (QED) is 0.689. The zero-order valence-electron chi connectivity index (χ0n) is 22.5. The van der Waals surface area contributed by atoms with E-state index in [1.807, 2.05) is 0 Å². The predicted molar refractivity (Wildman–Crippen MR) is 128 cm³/mol. The Morgan fingerprint density at radius 2 is 1.18 bits per heavy atom. The number of carbonyl (C=O) groups is 2. The van der Waals surface area contributed by atoms with Crippen LogP contribution in [0.2, 0.25) is 0 Å². The first-order chi connectivity index (χ1) is 14.8. The second-order valence-corrected chi connectivity index (χ2v) is 11.1. The van der Waals surface area contributed by atoms with Crippen molar-refractivity contribution in [1.29, 1.82) is 0 Å². The number of rotatable bonds is 4. The van der Waals surface area contributed by atoms with Gasteiger partial charge in [0.2, 0.25) is 0 Å². The van der Waals surface area contributed by atoms with Crippen molar-refractivity contribution in [2.75, 3.05) is 14.1 Å². The number of para-hydroxylation sites is 1. The van der Waals surface area contributed by atoms with Gasteiger partial charge in [-0.05, 0) is 75.3 Å². The lowest BCUT2D eigenvalue weighted by molar-refractivity contribution is -0.948. The van der Waals surface area contributed by atoms with Crippen molar-refractivity contribution in [2.45, 2.75) is 92.4 Å². The molecule has 0 amide bonds. The molecule has 0 spiro atoms. The molecule has 0 aliphatic heterocycles. The molecule has 0 fully saturated rings. The molecule has 7 nitrogen and oxygen atoms in total. The zero-order chi connectivity index (χ0) is 26.3. The first-order valence-corrected chi connectivity index (χ1v) is 11.4. The number of furan rings is 1. The van der Waals surface area contributed by atoms with Gasteiger partial charge in [0.05, 0.1) is 48.8 Å². The fourth-order valence-electron chi connectivity index (χ4n) is 3.12. The third kappa shape index (κ3) is 9.56. The highest BCUT2D eigenvalue weighted by molar-refractivity contribution is 6.09. The summed E-state index contributed by atoms with van der Waals surface area (Å²) < 4.78 is 4.84. The van der Waals surface area contributed by atoms with Gasteiger partial charge >= 0.3 is 0 Å². The number of hydrogen-bond acceptors (Lipinski definition) is 5. The van der Waals surface area contributed by atoms with Gasteiger partial charge < -0.3 is 34.0 Å². The van der Waals surface area contributed by atoms with Crippen LogP contribution in [0.1, 0.15) is 90.2 Å². The molecule has 0 saturated heterocycles. The summed E-state index contributed by atoms with van der Waals surface area (Å²) in [5.41, 5.74) is 0.490. The van der Waals surface area contributed by atoms with Crippen LogP contribution in [0.4, 0.5) is 0 Å². The third-order valence-electron chi connectivity index (χ3n) is 6.08. The summed E-state index contributed by atoms with van der Waals surface area (Å²) in [5, 5.41) is 21.5. The fourth-order valence-corrected chi connectivity index (χ4v) is 3.12. The molecular formula is C26H44N2O5. The van der Waals surface area contributed by atoms with Crippen molar-refractivity contribution < 1.29 is 34.0 Å². The molecule has 1 aromatic carbocycles. The van der Waals surface area contributed by atoms with E-state index in [-0.39, 0.29) is 11.0 Å². The highest BCUT2D eigenvalue weighted by Gasteiger charge is 2.23. The van der Waals surface area contributed by atoms with Crippen LogP contribution in [0, 0.1) is 0 Å². The van der Waals surface area contributed by atoms with E-state index in [1.165, 1.54) is 12.1 Å². The van der Waals surface area contributed by atoms with Crippen LogP contribution in [0.15, 0.2) is 28.7 Å². The van der Waals surface area contributed by atoms with Crippen molar-refractivity contribution >= 4 is 22.9 Å². The van der Waals surface area contributed by atoms with E-state index in [0.29, 0.717) is 11.1 Å². The summed E-state index contributed by atoms with van der Waals surface area (Å²) >= 11 is 0. The Morgan fingerprint density at radius 1 is 0.788 bits per heavy atom. The topological polar surface area (TPSA) is 102 Å². The molecule has 2 aromatic rings. The molecule has 0 aliphatic carbocycles. The Kier molecular flexibility index (Phi) is 11.3. The largest absolute Gasteiger partial charge is 0.545 e. The number of hydrogen-bond donors (Lipinski definition) is 2. The molecule has 33 heavy (non-hydrogen) atoms. The van der Waals surface area contributed by atoms with E-state index < -0.39 is 23.3 Å². The van der Waals surface area contributed by atoms with Crippen LogP contribution in [0.3, 0.4) is 0 Å². The van der Waals surface area contributed by atoms with Crippen LogP contribution >= 0.6 is 0 Å². The zero-order valence-corrected chi connectivity index (χ0v) is 22.5. The lowest BCUT2D eigenvalue weighted by Crippen LogP contribution is -3.19. The number of nitrogens with one attached hydrogen (secondary N) is 2. The van der Waals surface area contributed by atoms with Crippen LogP contribution in [-0.4, -0.2) is 49.2 Å². The SMILES string of the molecule is CC(C)[NH+](C)C(C)(C)C.CC(C)[NH+](C)C(C)(C)C.O=C([O-])c1oc2ccccc2c1C(=O)[O-]. The van der Waals surface area contributed by atoms with E-state index in [2.05, 4.69) is 83.3 Å². The smallest absolute Gasteiger partial charge is 0.159 e. The number of benzene rings is 1. The Balaban J connectivity index is 0.000000498. The molecule has 188 valence electrons. The summed E-state index contributed by atoms with van der Waals surface area (Å²) in [5.74, 6) is -3.99. The molecule has 0 saturated carbocycles. The summed E-state index contributed by atoms with van der Waals surface area (Å²) in [6.45, 7) is 22.6. The summed E-state index contributed by atoms with van der Waals surface area (Å²) in [4.78, 5) is 24.5. The molecule has 2 N–H and O–H groups in total. The van der Waals surface area contributed by atoms with Gasteiger partial charge in [-0.2, -0.15) is 0 Å². The molecule has 0 aliphatic rings. The molecule has 7 heteroatoms. The lowest BCUT2D eigenvalue weighted by Gasteiger charge is -2.31. The van der Waals surface area contributed by atoms with E-state index in [9.17, 15) is 19.8 Å². The molecule has 0 radical (unpaired) electrons. The van der Waals surface area contributed by atoms with E-state index >= 15 is 0 Å². The van der Waals surface area contributed by atoms with Crippen molar-refractivity contribution in [3.8, 4) is 0 Å². The first-order valence-electron chi connectivity index (χ1n) is 11.4. The molecule has 1 aromatic heterocycles. The van der Waals surface area contributed by atoms with Gasteiger partial charge in [0.1, 0.15) is 11.6 Å². The van der Waals surface area contributed by atoms with Gasteiger partial charge in [-0.25, -0.2) is 0 Å². The Morgan fingerprint density at radius 3 is 1.45 bits per heavy atom. The minimum Gasteiger partial charge on any atom is -0.545 e. The maximum absolute atomic E-state index is 10.7. The summed E-state index contributed by atoms with van der Waals surface area (Å²) in [7, 11) is 4.48. The molecule has 2 rings (SSSR count). The van der Waals surface area contributed by atoms with E-state index in [4.69, 9.17) is 4.42 Å². The Bertz CT molecular complexity index is 878. The van der Waals surface area contributed by atoms with Crippen molar-refractivity contribution in [3.05, 3.63) is 35.6 Å². The van der Waals surface area contributed by atoms with Gasteiger partial charge in [-0.3, -0.25) is 0 Å². The summed E-state index contributed by atoms with van der Waals surface area (Å²) in [6.07, 6.45) is 0. The monoisotopic (exact) mass is 464 g/mol. The summed E-state index contributed by atoms with van der Waals surface area (Å²) in [6, 6.07) is 7.53. The standard InChI is InChI=1S/C10H6O5.2C8H19N/c11-9(12)7-5-3-1-2-4-6(5)15-8(7)10(13)14;2*1-7(2)9(6)8(3,4)5/h1-4H,(H,11,12)(H,13,14);2*7H,1-6H3. The van der Waals surface area contributed by atoms with Crippen LogP contribution in [0.25, 0.3) is 11.0 Å². The normalized spacial score (nSPS) is 13.6.